The molecule has 0 spiro atoms. The molecule has 2 amide bonds. The summed E-state index contributed by atoms with van der Waals surface area (Å²) in [6, 6.07) is 3.84. The van der Waals surface area contributed by atoms with Gasteiger partial charge in [-0.05, 0) is 50.7 Å². The van der Waals surface area contributed by atoms with Crippen LogP contribution in [0.2, 0.25) is 0 Å². The second-order valence-electron chi connectivity index (χ2n) is 8.47. The molecule has 0 aromatic carbocycles. The van der Waals surface area contributed by atoms with Gasteiger partial charge < -0.3 is 15.0 Å². The number of nitrogens with one attached hydrogen (secondary N) is 1. The minimum absolute atomic E-state index is 0.0703. The lowest BCUT2D eigenvalue weighted by Gasteiger charge is -2.37. The Hall–Kier alpha value is -2.48. The van der Waals surface area contributed by atoms with Crippen LogP contribution in [0.15, 0.2) is 24.5 Å². The number of aromatic nitrogens is 3. The predicted octanol–water partition coefficient (Wildman–Crippen LogP) is 1.80. The molecule has 5 heterocycles. The molecule has 2 bridgehead atoms. The zero-order valence-electron chi connectivity index (χ0n) is 16.7. The molecule has 3 fully saturated rings. The van der Waals surface area contributed by atoms with Gasteiger partial charge in [-0.2, -0.15) is 5.10 Å². The van der Waals surface area contributed by atoms with Gasteiger partial charge in [-0.15, -0.1) is 0 Å². The summed E-state index contributed by atoms with van der Waals surface area (Å²) >= 11 is 0. The molecule has 0 saturated carbocycles. The summed E-state index contributed by atoms with van der Waals surface area (Å²) in [4.78, 5) is 33.1. The lowest BCUT2D eigenvalue weighted by molar-refractivity contribution is -0.134. The van der Waals surface area contributed by atoms with Crippen LogP contribution in [0.4, 0.5) is 0 Å². The van der Waals surface area contributed by atoms with Gasteiger partial charge in [0.05, 0.1) is 11.6 Å². The first-order valence-electron chi connectivity index (χ1n) is 10.6. The van der Waals surface area contributed by atoms with Gasteiger partial charge in [0.15, 0.2) is 11.3 Å². The Morgan fingerprint density at radius 1 is 1.28 bits per heavy atom. The summed E-state index contributed by atoms with van der Waals surface area (Å²) in [5.41, 5.74) is 0.612. The van der Waals surface area contributed by atoms with Gasteiger partial charge in [0, 0.05) is 37.5 Å². The largest absolute Gasteiger partial charge is 0.381 e. The maximum atomic E-state index is 13.5. The monoisotopic (exact) mass is 397 g/mol. The number of ether oxygens (including phenoxy) is 1. The summed E-state index contributed by atoms with van der Waals surface area (Å²) in [6.07, 6.45) is 8.26. The Morgan fingerprint density at radius 3 is 2.90 bits per heavy atom. The fourth-order valence-electron chi connectivity index (χ4n) is 5.55. The lowest BCUT2D eigenvalue weighted by atomic mass is 9.71. The summed E-state index contributed by atoms with van der Waals surface area (Å²) in [6.45, 7) is 3.47. The number of carbonyl (C=O) groups excluding carboxylic acids is 2. The van der Waals surface area contributed by atoms with Crippen molar-refractivity contribution < 1.29 is 14.3 Å². The van der Waals surface area contributed by atoms with Gasteiger partial charge in [0.25, 0.3) is 5.91 Å². The van der Waals surface area contributed by atoms with Crippen molar-refractivity contribution in [3.63, 3.8) is 0 Å². The second kappa shape index (κ2) is 7.09. The number of imidazole rings is 1. The van der Waals surface area contributed by atoms with Crippen molar-refractivity contribution in [2.45, 2.75) is 63.6 Å². The van der Waals surface area contributed by atoms with E-state index in [0.717, 1.165) is 38.5 Å². The average molecular weight is 397 g/mol. The van der Waals surface area contributed by atoms with E-state index in [2.05, 4.69) is 22.3 Å². The molecule has 154 valence electrons. The first-order chi connectivity index (χ1) is 14.1. The molecule has 2 aromatic heterocycles. The minimum atomic E-state index is -0.509. The topological polar surface area (TPSA) is 88.8 Å². The third kappa shape index (κ3) is 2.84. The quantitative estimate of drug-likeness (QED) is 0.850. The molecule has 3 aliphatic rings. The number of amides is 2. The Labute approximate surface area is 169 Å². The molecular weight excluding hydrogens is 370 g/mol. The van der Waals surface area contributed by atoms with Gasteiger partial charge in [-0.3, -0.25) is 9.59 Å². The summed E-state index contributed by atoms with van der Waals surface area (Å²) in [5, 5.41) is 7.56. The highest BCUT2D eigenvalue weighted by Gasteiger charge is 2.60. The first-order valence-corrected chi connectivity index (χ1v) is 10.6. The molecule has 0 aliphatic carbocycles. The van der Waals surface area contributed by atoms with Crippen molar-refractivity contribution in [2.24, 2.45) is 5.41 Å². The van der Waals surface area contributed by atoms with Crippen LogP contribution in [0.1, 0.15) is 55.9 Å². The van der Waals surface area contributed by atoms with E-state index >= 15 is 0 Å². The van der Waals surface area contributed by atoms with Crippen LogP contribution >= 0.6 is 0 Å². The summed E-state index contributed by atoms with van der Waals surface area (Å²) < 4.78 is 7.01. The SMILES string of the molecule is CC[C@]1(C(=O)NC2CCOCC2)C[C@H]2CC[C@@H]1N2C(=O)c1cnc2cccnn12. The van der Waals surface area contributed by atoms with Crippen LogP contribution in [0.25, 0.3) is 5.65 Å². The molecule has 3 aliphatic heterocycles. The average Bonchev–Trinajstić information content (AvgIpc) is 3.45. The molecular formula is C21H27N5O3. The minimum Gasteiger partial charge on any atom is -0.381 e. The van der Waals surface area contributed by atoms with Gasteiger partial charge in [-0.25, -0.2) is 9.50 Å². The fraction of sp³-hybridized carbons (Fsp3) is 0.619. The number of nitrogens with zero attached hydrogens (tertiary/aromatic N) is 4. The fourth-order valence-corrected chi connectivity index (χ4v) is 5.55. The van der Waals surface area contributed by atoms with Crippen molar-refractivity contribution in [1.82, 2.24) is 24.8 Å². The van der Waals surface area contributed by atoms with Crippen molar-refractivity contribution in [3.05, 3.63) is 30.2 Å². The molecule has 1 N–H and O–H groups in total. The van der Waals surface area contributed by atoms with Crippen LogP contribution in [0.5, 0.6) is 0 Å². The van der Waals surface area contributed by atoms with Crippen LogP contribution < -0.4 is 5.32 Å². The number of hydrogen-bond donors (Lipinski definition) is 1. The van der Waals surface area contributed by atoms with E-state index in [1.54, 1.807) is 23.0 Å². The zero-order valence-corrected chi connectivity index (χ0v) is 16.7. The molecule has 29 heavy (non-hydrogen) atoms. The second-order valence-corrected chi connectivity index (χ2v) is 8.47. The summed E-state index contributed by atoms with van der Waals surface area (Å²) in [7, 11) is 0. The van der Waals surface area contributed by atoms with Crippen LogP contribution in [-0.2, 0) is 9.53 Å². The van der Waals surface area contributed by atoms with Crippen LogP contribution in [0, 0.1) is 5.41 Å². The molecule has 0 radical (unpaired) electrons. The summed E-state index contributed by atoms with van der Waals surface area (Å²) in [5.74, 6) is 0.0334. The van der Waals surface area contributed by atoms with E-state index in [1.807, 2.05) is 11.0 Å². The smallest absolute Gasteiger partial charge is 0.274 e. The molecule has 3 saturated heterocycles. The highest BCUT2D eigenvalue weighted by molar-refractivity contribution is 5.95. The van der Waals surface area contributed by atoms with Crippen molar-refractivity contribution in [3.8, 4) is 0 Å². The van der Waals surface area contributed by atoms with Gasteiger partial charge in [0.1, 0.15) is 0 Å². The lowest BCUT2D eigenvalue weighted by Crippen LogP contribution is -2.52. The number of carbonyl (C=O) groups is 2. The normalized spacial score (nSPS) is 29.5. The van der Waals surface area contributed by atoms with E-state index in [0.29, 0.717) is 24.6 Å². The third-order valence-corrected chi connectivity index (χ3v) is 7.11. The Bertz CT molecular complexity index is 937. The van der Waals surface area contributed by atoms with E-state index in [9.17, 15) is 9.59 Å². The molecule has 0 unspecified atom stereocenters. The third-order valence-electron chi connectivity index (χ3n) is 7.11. The van der Waals surface area contributed by atoms with E-state index in [1.165, 1.54) is 0 Å². The first kappa shape index (κ1) is 18.5. The number of fused-ring (bicyclic) bond motifs is 3. The van der Waals surface area contributed by atoms with Gasteiger partial charge >= 0.3 is 0 Å². The molecule has 5 rings (SSSR count). The van der Waals surface area contributed by atoms with E-state index in [-0.39, 0.29) is 29.9 Å². The van der Waals surface area contributed by atoms with E-state index < -0.39 is 5.41 Å². The maximum absolute atomic E-state index is 13.5. The van der Waals surface area contributed by atoms with Gasteiger partial charge in [0.2, 0.25) is 5.91 Å². The highest BCUT2D eigenvalue weighted by atomic mass is 16.5. The molecule has 8 nitrogen and oxygen atoms in total. The van der Waals surface area contributed by atoms with Crippen molar-refractivity contribution in [2.75, 3.05) is 13.2 Å². The zero-order chi connectivity index (χ0) is 20.0. The number of rotatable bonds is 4. The number of hydrogen-bond acceptors (Lipinski definition) is 5. The standard InChI is InChI=1S/C21H27N5O3/c1-2-21(20(28)24-14-7-10-29-11-8-14)12-15-5-6-17(21)25(15)19(27)16-13-22-18-4-3-9-23-26(16)18/h3-4,9,13-15,17H,2,5-8,10-12H2,1H3,(H,24,28)/t15-,17+,21+/m1/s1. The molecule has 2 aromatic rings. The van der Waals surface area contributed by atoms with Crippen LogP contribution in [-0.4, -0.2) is 62.7 Å². The van der Waals surface area contributed by atoms with Crippen molar-refractivity contribution >= 4 is 17.5 Å². The van der Waals surface area contributed by atoms with Crippen molar-refractivity contribution in [1.29, 1.82) is 0 Å². The van der Waals surface area contributed by atoms with Gasteiger partial charge in [-0.1, -0.05) is 6.92 Å². The van der Waals surface area contributed by atoms with Crippen LogP contribution in [0.3, 0.4) is 0 Å². The molecule has 8 heteroatoms. The Balaban J connectivity index is 1.41. The Kier molecular flexibility index (Phi) is 4.53. The molecule has 3 atom stereocenters. The maximum Gasteiger partial charge on any atom is 0.274 e. The Morgan fingerprint density at radius 2 is 2.10 bits per heavy atom. The predicted molar refractivity (Wildman–Crippen MR) is 105 cm³/mol. The van der Waals surface area contributed by atoms with E-state index in [4.69, 9.17) is 4.74 Å². The highest BCUT2D eigenvalue weighted by Crippen LogP contribution is 2.52.